The molecule has 0 fully saturated rings. The van der Waals surface area contributed by atoms with Crippen LogP contribution in [0.4, 0.5) is 5.69 Å². The molecule has 0 radical (unpaired) electrons. The van der Waals surface area contributed by atoms with Crippen molar-refractivity contribution in [3.8, 4) is 0 Å². The summed E-state index contributed by atoms with van der Waals surface area (Å²) in [6.07, 6.45) is 1.87. The van der Waals surface area contributed by atoms with E-state index in [9.17, 15) is 0 Å². The van der Waals surface area contributed by atoms with Gasteiger partial charge in [-0.25, -0.2) is 0 Å². The molecule has 1 rings (SSSR count). The summed E-state index contributed by atoms with van der Waals surface area (Å²) in [5, 5.41) is 3.35. The molecular weight excluding hydrogens is 286 g/mol. The normalized spacial score (nSPS) is 11.6. The molecule has 1 aromatic carbocycles. The quantitative estimate of drug-likeness (QED) is 0.475. The zero-order valence-corrected chi connectivity index (χ0v) is 14.3. The third kappa shape index (κ3) is 7.06. The molecule has 0 saturated carbocycles. The molecule has 21 heavy (non-hydrogen) atoms. The number of anilines is 1. The van der Waals surface area contributed by atoms with E-state index in [1.165, 1.54) is 0 Å². The van der Waals surface area contributed by atoms with E-state index in [-0.39, 0.29) is 0 Å². The topological polar surface area (TPSA) is 49.0 Å². The largest absolute Gasteiger partial charge is 0.500 e. The van der Waals surface area contributed by atoms with Crippen LogP contribution in [-0.4, -0.2) is 49.9 Å². The molecule has 0 heterocycles. The van der Waals surface area contributed by atoms with Crippen molar-refractivity contribution in [1.29, 1.82) is 0 Å². The molecular formula is C15H27NO4Si. The van der Waals surface area contributed by atoms with E-state index in [0.717, 1.165) is 37.7 Å². The highest BCUT2D eigenvalue weighted by atomic mass is 28.4. The number of hydrogen-bond donors (Lipinski definition) is 1. The Balaban J connectivity index is 2.00. The maximum atomic E-state index is 5.62. The summed E-state index contributed by atoms with van der Waals surface area (Å²) in [5.41, 5.74) is 1.15. The molecule has 0 aliphatic rings. The maximum absolute atomic E-state index is 5.62. The van der Waals surface area contributed by atoms with Crippen LogP contribution in [0.3, 0.4) is 0 Å². The van der Waals surface area contributed by atoms with Gasteiger partial charge in [0, 0.05) is 52.8 Å². The molecule has 0 atom stereocenters. The van der Waals surface area contributed by atoms with Gasteiger partial charge in [-0.3, -0.25) is 0 Å². The first-order chi connectivity index (χ1) is 10.3. The Labute approximate surface area is 128 Å². The zero-order valence-electron chi connectivity index (χ0n) is 13.3. The van der Waals surface area contributed by atoms with Crippen molar-refractivity contribution in [2.45, 2.75) is 18.9 Å². The fourth-order valence-corrected chi connectivity index (χ4v) is 3.70. The van der Waals surface area contributed by atoms with Gasteiger partial charge in [0.1, 0.15) is 0 Å². The van der Waals surface area contributed by atoms with Crippen LogP contribution in [0.25, 0.3) is 0 Å². The Morgan fingerprint density at radius 2 is 1.52 bits per heavy atom. The lowest BCUT2D eigenvalue weighted by Crippen LogP contribution is -2.42. The summed E-state index contributed by atoms with van der Waals surface area (Å²) in [6, 6.07) is 11.0. The second kappa shape index (κ2) is 10.8. The standard InChI is InChI=1S/C15H27NO4Si/c1-17-21(18-2,19-3)14-8-13-20-12-7-11-16-15-9-5-4-6-10-15/h4-6,9-10,16H,7-8,11-14H2,1-3H3. The maximum Gasteiger partial charge on any atom is 0.500 e. The fourth-order valence-electron chi connectivity index (χ4n) is 2.01. The summed E-state index contributed by atoms with van der Waals surface area (Å²) >= 11 is 0. The van der Waals surface area contributed by atoms with Crippen LogP contribution in [0.1, 0.15) is 12.8 Å². The van der Waals surface area contributed by atoms with Crippen LogP contribution in [0, 0.1) is 0 Å². The Kier molecular flexibility index (Phi) is 9.28. The molecule has 1 aromatic rings. The van der Waals surface area contributed by atoms with E-state index in [1.54, 1.807) is 21.3 Å². The molecule has 0 aromatic heterocycles. The smallest absolute Gasteiger partial charge is 0.385 e. The number of hydrogen-bond acceptors (Lipinski definition) is 5. The highest BCUT2D eigenvalue weighted by Gasteiger charge is 2.36. The summed E-state index contributed by atoms with van der Waals surface area (Å²) in [7, 11) is 2.47. The number of rotatable bonds is 12. The molecule has 0 saturated heterocycles. The van der Waals surface area contributed by atoms with Gasteiger partial charge in [0.15, 0.2) is 0 Å². The minimum atomic E-state index is -2.43. The molecule has 0 amide bonds. The lowest BCUT2D eigenvalue weighted by molar-refractivity contribution is 0.107. The summed E-state index contributed by atoms with van der Waals surface area (Å²) in [4.78, 5) is 0. The lowest BCUT2D eigenvalue weighted by atomic mass is 10.3. The molecule has 0 unspecified atom stereocenters. The third-order valence-electron chi connectivity index (χ3n) is 3.27. The average molecular weight is 313 g/mol. The second-order valence-electron chi connectivity index (χ2n) is 4.66. The van der Waals surface area contributed by atoms with Crippen LogP contribution < -0.4 is 5.32 Å². The average Bonchev–Trinajstić information content (AvgIpc) is 2.55. The van der Waals surface area contributed by atoms with Gasteiger partial charge in [-0.05, 0) is 25.0 Å². The van der Waals surface area contributed by atoms with Crippen molar-refractivity contribution >= 4 is 14.5 Å². The van der Waals surface area contributed by atoms with E-state index >= 15 is 0 Å². The van der Waals surface area contributed by atoms with E-state index < -0.39 is 8.80 Å². The van der Waals surface area contributed by atoms with Gasteiger partial charge in [-0.2, -0.15) is 0 Å². The van der Waals surface area contributed by atoms with Gasteiger partial charge < -0.3 is 23.3 Å². The van der Waals surface area contributed by atoms with Crippen LogP contribution in [-0.2, 0) is 18.0 Å². The van der Waals surface area contributed by atoms with Gasteiger partial charge in [-0.15, -0.1) is 0 Å². The van der Waals surface area contributed by atoms with Crippen molar-refractivity contribution in [2.75, 3.05) is 46.4 Å². The van der Waals surface area contributed by atoms with Crippen LogP contribution >= 0.6 is 0 Å². The molecule has 0 aliphatic carbocycles. The van der Waals surface area contributed by atoms with Crippen LogP contribution in [0.15, 0.2) is 30.3 Å². The van der Waals surface area contributed by atoms with Gasteiger partial charge in [-0.1, -0.05) is 18.2 Å². The fraction of sp³-hybridized carbons (Fsp3) is 0.600. The first-order valence-corrected chi connectivity index (χ1v) is 9.21. The number of benzene rings is 1. The van der Waals surface area contributed by atoms with Crippen molar-refractivity contribution in [1.82, 2.24) is 0 Å². The highest BCUT2D eigenvalue weighted by molar-refractivity contribution is 6.60. The lowest BCUT2D eigenvalue weighted by Gasteiger charge is -2.24. The van der Waals surface area contributed by atoms with Gasteiger partial charge in [0.2, 0.25) is 0 Å². The minimum absolute atomic E-state index is 0.705. The molecule has 120 valence electrons. The van der Waals surface area contributed by atoms with Crippen molar-refractivity contribution in [2.24, 2.45) is 0 Å². The molecule has 0 aliphatic heterocycles. The number of ether oxygens (including phenoxy) is 1. The van der Waals surface area contributed by atoms with E-state index in [2.05, 4.69) is 17.4 Å². The van der Waals surface area contributed by atoms with Gasteiger partial charge in [0.25, 0.3) is 0 Å². The molecule has 5 nitrogen and oxygen atoms in total. The molecule has 6 heteroatoms. The number of para-hydroxylation sites is 1. The molecule has 0 spiro atoms. The Bertz CT molecular complexity index is 352. The third-order valence-corrected chi connectivity index (χ3v) is 6.10. The summed E-state index contributed by atoms with van der Waals surface area (Å²) in [6.45, 7) is 2.37. The van der Waals surface area contributed by atoms with Crippen molar-refractivity contribution < 1.29 is 18.0 Å². The Morgan fingerprint density at radius 1 is 0.905 bits per heavy atom. The van der Waals surface area contributed by atoms with Gasteiger partial charge >= 0.3 is 8.80 Å². The predicted octanol–water partition coefficient (Wildman–Crippen LogP) is 2.77. The van der Waals surface area contributed by atoms with Gasteiger partial charge in [0.05, 0.1) is 0 Å². The first kappa shape index (κ1) is 18.1. The van der Waals surface area contributed by atoms with Crippen LogP contribution in [0.5, 0.6) is 0 Å². The SMILES string of the molecule is CO[Si](CCCOCCCNc1ccccc1)(OC)OC. The zero-order chi connectivity index (χ0) is 15.4. The van der Waals surface area contributed by atoms with E-state index in [4.69, 9.17) is 18.0 Å². The summed E-state index contributed by atoms with van der Waals surface area (Å²) < 4.78 is 21.7. The molecule has 0 bridgehead atoms. The second-order valence-corrected chi connectivity index (χ2v) is 7.75. The Morgan fingerprint density at radius 3 is 2.14 bits per heavy atom. The Hall–Kier alpha value is -0.923. The van der Waals surface area contributed by atoms with Crippen LogP contribution in [0.2, 0.25) is 6.04 Å². The van der Waals surface area contributed by atoms with Crippen molar-refractivity contribution in [3.05, 3.63) is 30.3 Å². The molecule has 1 N–H and O–H groups in total. The number of nitrogens with one attached hydrogen (secondary N) is 1. The highest BCUT2D eigenvalue weighted by Crippen LogP contribution is 2.14. The van der Waals surface area contributed by atoms with E-state index in [1.807, 2.05) is 18.2 Å². The van der Waals surface area contributed by atoms with Crippen molar-refractivity contribution in [3.63, 3.8) is 0 Å². The minimum Gasteiger partial charge on any atom is -0.385 e. The predicted molar refractivity (Wildman–Crippen MR) is 86.6 cm³/mol. The van der Waals surface area contributed by atoms with E-state index in [0.29, 0.717) is 6.61 Å². The summed E-state index contributed by atoms with van der Waals surface area (Å²) in [5.74, 6) is 0. The first-order valence-electron chi connectivity index (χ1n) is 7.28. The monoisotopic (exact) mass is 313 g/mol.